The van der Waals surface area contributed by atoms with E-state index in [2.05, 4.69) is 11.8 Å². The maximum atomic E-state index is 12.3. The Labute approximate surface area is 141 Å². The first-order valence-electron chi connectivity index (χ1n) is 9.09. The van der Waals surface area contributed by atoms with Crippen molar-refractivity contribution in [1.29, 1.82) is 0 Å². The van der Waals surface area contributed by atoms with Crippen LogP contribution in [0.25, 0.3) is 0 Å². The van der Waals surface area contributed by atoms with Gasteiger partial charge < -0.3 is 9.64 Å². The summed E-state index contributed by atoms with van der Waals surface area (Å²) in [5, 5.41) is 0. The number of piperidine rings is 1. The number of carbonyl (C=O) groups excluding carboxylic acids is 1. The van der Waals surface area contributed by atoms with Crippen LogP contribution < -0.4 is 0 Å². The highest BCUT2D eigenvalue weighted by atomic mass is 16.5. The second kappa shape index (κ2) is 9.84. The van der Waals surface area contributed by atoms with Crippen LogP contribution in [0.2, 0.25) is 0 Å². The van der Waals surface area contributed by atoms with Gasteiger partial charge >= 0.3 is 0 Å². The van der Waals surface area contributed by atoms with Crippen LogP contribution in [-0.4, -0.2) is 43.5 Å². The molecule has 0 radical (unpaired) electrons. The minimum atomic E-state index is 0.283. The van der Waals surface area contributed by atoms with Gasteiger partial charge in [0.05, 0.1) is 0 Å². The predicted octanol–water partition coefficient (Wildman–Crippen LogP) is 4.10. The van der Waals surface area contributed by atoms with Gasteiger partial charge in [-0.2, -0.15) is 0 Å². The van der Waals surface area contributed by atoms with Crippen LogP contribution in [0.1, 0.15) is 54.9 Å². The molecular formula is C20H31NO2. The van der Waals surface area contributed by atoms with Gasteiger partial charge in [-0.1, -0.05) is 31.2 Å². The molecule has 3 nitrogen and oxygen atoms in total. The summed E-state index contributed by atoms with van der Waals surface area (Å²) in [6.45, 7) is 9.33. The number of hydrogen-bond donors (Lipinski definition) is 0. The number of rotatable bonds is 9. The molecule has 0 bridgehead atoms. The second-order valence-corrected chi connectivity index (χ2v) is 6.70. The fraction of sp³-hybridized carbons (Fsp3) is 0.650. The molecule has 1 heterocycles. The Morgan fingerprint density at radius 3 is 2.70 bits per heavy atom. The molecule has 0 atom stereocenters. The molecule has 0 N–H and O–H groups in total. The Morgan fingerprint density at radius 2 is 2.00 bits per heavy atom. The summed E-state index contributed by atoms with van der Waals surface area (Å²) in [6, 6.07) is 7.89. The summed E-state index contributed by atoms with van der Waals surface area (Å²) < 4.78 is 5.67. The largest absolute Gasteiger partial charge is 0.381 e. The lowest BCUT2D eigenvalue weighted by atomic mass is 9.97. The first-order valence-corrected chi connectivity index (χ1v) is 9.09. The third kappa shape index (κ3) is 6.08. The molecule has 0 amide bonds. The molecule has 0 saturated carbocycles. The number of ketones is 1. The molecule has 23 heavy (non-hydrogen) atoms. The normalized spacial score (nSPS) is 16.6. The van der Waals surface area contributed by atoms with Gasteiger partial charge in [-0.05, 0) is 63.7 Å². The van der Waals surface area contributed by atoms with E-state index in [1.54, 1.807) is 0 Å². The standard InChI is InChI=1S/C20H31NO2/c1-3-15-23-16-18-10-13-21(14-11-18)12-6-9-20(22)19-8-5-4-7-17(19)2/h4-5,7-8,18H,3,6,9-16H2,1-2H3. The zero-order chi connectivity index (χ0) is 16.5. The van der Waals surface area contributed by atoms with Crippen molar-refractivity contribution in [2.75, 3.05) is 32.8 Å². The van der Waals surface area contributed by atoms with Crippen LogP contribution in [0.15, 0.2) is 24.3 Å². The van der Waals surface area contributed by atoms with Crippen molar-refractivity contribution in [3.63, 3.8) is 0 Å². The monoisotopic (exact) mass is 317 g/mol. The maximum absolute atomic E-state index is 12.3. The Hall–Kier alpha value is -1.19. The van der Waals surface area contributed by atoms with Crippen LogP contribution in [0, 0.1) is 12.8 Å². The van der Waals surface area contributed by atoms with Crippen LogP contribution >= 0.6 is 0 Å². The minimum Gasteiger partial charge on any atom is -0.381 e. The Bertz CT molecular complexity index is 478. The molecule has 1 fully saturated rings. The minimum absolute atomic E-state index is 0.283. The van der Waals surface area contributed by atoms with Crippen molar-refractivity contribution in [2.24, 2.45) is 5.92 Å². The summed E-state index contributed by atoms with van der Waals surface area (Å²) >= 11 is 0. The van der Waals surface area contributed by atoms with E-state index < -0.39 is 0 Å². The fourth-order valence-corrected chi connectivity index (χ4v) is 3.25. The first kappa shape index (κ1) is 18.2. The average molecular weight is 317 g/mol. The molecule has 3 heteroatoms. The molecule has 1 aliphatic heterocycles. The van der Waals surface area contributed by atoms with E-state index in [0.717, 1.165) is 62.7 Å². The molecule has 1 aromatic rings. The van der Waals surface area contributed by atoms with Crippen molar-refractivity contribution >= 4 is 5.78 Å². The zero-order valence-electron chi connectivity index (χ0n) is 14.7. The van der Waals surface area contributed by atoms with Crippen LogP contribution in [0.3, 0.4) is 0 Å². The number of likely N-dealkylation sites (tertiary alicyclic amines) is 1. The van der Waals surface area contributed by atoms with E-state index in [1.165, 1.54) is 12.8 Å². The molecule has 0 aliphatic carbocycles. The van der Waals surface area contributed by atoms with E-state index in [0.29, 0.717) is 6.42 Å². The Balaban J connectivity index is 1.62. The highest BCUT2D eigenvalue weighted by Gasteiger charge is 2.19. The number of nitrogens with zero attached hydrogens (tertiary/aromatic N) is 1. The molecule has 1 aromatic carbocycles. The van der Waals surface area contributed by atoms with Crippen LogP contribution in [0.5, 0.6) is 0 Å². The van der Waals surface area contributed by atoms with Gasteiger partial charge in [0.2, 0.25) is 0 Å². The number of carbonyl (C=O) groups is 1. The second-order valence-electron chi connectivity index (χ2n) is 6.70. The molecule has 0 aromatic heterocycles. The van der Waals surface area contributed by atoms with Crippen molar-refractivity contribution in [3.8, 4) is 0 Å². The highest BCUT2D eigenvalue weighted by molar-refractivity contribution is 5.97. The highest BCUT2D eigenvalue weighted by Crippen LogP contribution is 2.18. The van der Waals surface area contributed by atoms with Gasteiger partial charge in [0.15, 0.2) is 5.78 Å². The summed E-state index contributed by atoms with van der Waals surface area (Å²) in [5.41, 5.74) is 1.98. The Kier molecular flexibility index (Phi) is 7.77. The first-order chi connectivity index (χ1) is 11.2. The van der Waals surface area contributed by atoms with Gasteiger partial charge in [-0.3, -0.25) is 4.79 Å². The van der Waals surface area contributed by atoms with Crippen LogP contribution in [-0.2, 0) is 4.74 Å². The smallest absolute Gasteiger partial charge is 0.163 e. The molecule has 2 rings (SSSR count). The van der Waals surface area contributed by atoms with E-state index in [-0.39, 0.29) is 5.78 Å². The topological polar surface area (TPSA) is 29.5 Å². The van der Waals surface area contributed by atoms with Crippen molar-refractivity contribution in [1.82, 2.24) is 4.90 Å². The number of Topliss-reactive ketones (excluding diaryl/α,β-unsaturated/α-hetero) is 1. The molecular weight excluding hydrogens is 286 g/mol. The molecule has 1 saturated heterocycles. The third-order valence-corrected chi connectivity index (χ3v) is 4.73. The SMILES string of the molecule is CCCOCC1CCN(CCCC(=O)c2ccccc2C)CC1. The number of benzene rings is 1. The third-order valence-electron chi connectivity index (χ3n) is 4.73. The Morgan fingerprint density at radius 1 is 1.26 bits per heavy atom. The number of hydrogen-bond acceptors (Lipinski definition) is 3. The van der Waals surface area contributed by atoms with Gasteiger partial charge in [0.25, 0.3) is 0 Å². The zero-order valence-corrected chi connectivity index (χ0v) is 14.7. The lowest BCUT2D eigenvalue weighted by Gasteiger charge is -2.31. The summed E-state index contributed by atoms with van der Waals surface area (Å²) in [6.07, 6.45) is 5.19. The van der Waals surface area contributed by atoms with Crippen molar-refractivity contribution in [3.05, 3.63) is 35.4 Å². The molecule has 0 spiro atoms. The number of ether oxygens (including phenoxy) is 1. The molecule has 128 valence electrons. The van der Waals surface area contributed by atoms with Gasteiger partial charge in [0, 0.05) is 25.2 Å². The molecule has 1 aliphatic rings. The van der Waals surface area contributed by atoms with Crippen LogP contribution in [0.4, 0.5) is 0 Å². The maximum Gasteiger partial charge on any atom is 0.163 e. The van der Waals surface area contributed by atoms with E-state index >= 15 is 0 Å². The van der Waals surface area contributed by atoms with Gasteiger partial charge in [-0.25, -0.2) is 0 Å². The predicted molar refractivity (Wildman–Crippen MR) is 95.0 cm³/mol. The van der Waals surface area contributed by atoms with E-state index in [4.69, 9.17) is 4.74 Å². The summed E-state index contributed by atoms with van der Waals surface area (Å²) in [7, 11) is 0. The quantitative estimate of drug-likeness (QED) is 0.507. The van der Waals surface area contributed by atoms with Crippen molar-refractivity contribution in [2.45, 2.75) is 46.0 Å². The number of aryl methyl sites for hydroxylation is 1. The van der Waals surface area contributed by atoms with Crippen molar-refractivity contribution < 1.29 is 9.53 Å². The lowest BCUT2D eigenvalue weighted by molar-refractivity contribution is 0.0667. The van der Waals surface area contributed by atoms with Gasteiger partial charge in [-0.15, -0.1) is 0 Å². The lowest BCUT2D eigenvalue weighted by Crippen LogP contribution is -2.35. The average Bonchev–Trinajstić information content (AvgIpc) is 2.57. The van der Waals surface area contributed by atoms with E-state index in [1.807, 2.05) is 31.2 Å². The summed E-state index contributed by atoms with van der Waals surface area (Å²) in [4.78, 5) is 14.8. The van der Waals surface area contributed by atoms with Gasteiger partial charge in [0.1, 0.15) is 0 Å². The molecule has 0 unspecified atom stereocenters. The fourth-order valence-electron chi connectivity index (χ4n) is 3.25. The van der Waals surface area contributed by atoms with E-state index in [9.17, 15) is 4.79 Å². The summed E-state index contributed by atoms with van der Waals surface area (Å²) in [5.74, 6) is 1.01.